The van der Waals surface area contributed by atoms with Crippen molar-refractivity contribution in [3.05, 3.63) is 35.6 Å². The van der Waals surface area contributed by atoms with Crippen molar-refractivity contribution in [3.63, 3.8) is 0 Å². The Morgan fingerprint density at radius 1 is 1.29 bits per heavy atom. The SMILES string of the molecule is O=C(N[C@@H]1CCN2CCCC[C@H]12)[C@@H]1CC(c2cccc(F)c2)=NO1. The second-order valence-corrected chi connectivity index (χ2v) is 6.85. The number of amides is 1. The number of benzene rings is 1. The molecule has 1 aromatic rings. The summed E-state index contributed by atoms with van der Waals surface area (Å²) >= 11 is 0. The van der Waals surface area contributed by atoms with Gasteiger partial charge in [0.1, 0.15) is 5.82 Å². The number of hydrogen-bond acceptors (Lipinski definition) is 4. The number of nitrogens with zero attached hydrogens (tertiary/aromatic N) is 2. The van der Waals surface area contributed by atoms with Gasteiger partial charge in [-0.1, -0.05) is 23.7 Å². The molecular formula is C18H22FN3O2. The van der Waals surface area contributed by atoms with Crippen LogP contribution in [0.4, 0.5) is 4.39 Å². The third-order valence-corrected chi connectivity index (χ3v) is 5.30. The average molecular weight is 331 g/mol. The number of fused-ring (bicyclic) bond motifs is 1. The minimum Gasteiger partial charge on any atom is -0.382 e. The third kappa shape index (κ3) is 3.02. The Hall–Kier alpha value is -1.95. The van der Waals surface area contributed by atoms with Gasteiger partial charge in [0.05, 0.1) is 5.71 Å². The number of nitrogens with one attached hydrogen (secondary N) is 1. The number of carbonyl (C=O) groups excluding carboxylic acids is 1. The van der Waals surface area contributed by atoms with Gasteiger partial charge in [0.25, 0.3) is 5.91 Å². The standard InChI is InChI=1S/C18H22FN3O2/c19-13-5-3-4-12(10-13)15-11-17(24-21-15)18(23)20-14-7-9-22-8-2-1-6-16(14)22/h3-5,10,14,16-17H,1-2,6-9,11H2,(H,20,23)/t14-,16-,17+/m1/s1. The smallest absolute Gasteiger partial charge is 0.264 e. The molecule has 4 rings (SSSR count). The first-order valence-electron chi connectivity index (χ1n) is 8.74. The van der Waals surface area contributed by atoms with E-state index in [2.05, 4.69) is 15.4 Å². The first-order valence-corrected chi connectivity index (χ1v) is 8.74. The van der Waals surface area contributed by atoms with Gasteiger partial charge in [-0.2, -0.15) is 0 Å². The Bertz CT molecular complexity index is 663. The molecule has 128 valence electrons. The molecule has 0 aromatic heterocycles. The molecule has 0 radical (unpaired) electrons. The molecule has 2 saturated heterocycles. The molecule has 0 saturated carbocycles. The Morgan fingerprint density at radius 3 is 3.08 bits per heavy atom. The summed E-state index contributed by atoms with van der Waals surface area (Å²) in [6.07, 6.45) is 4.42. The number of oxime groups is 1. The summed E-state index contributed by atoms with van der Waals surface area (Å²) in [5.74, 6) is -0.422. The minimum atomic E-state index is -0.610. The molecular weight excluding hydrogens is 309 g/mol. The van der Waals surface area contributed by atoms with Gasteiger partial charge in [-0.05, 0) is 37.9 Å². The highest BCUT2D eigenvalue weighted by molar-refractivity contribution is 6.04. The van der Waals surface area contributed by atoms with Crippen molar-refractivity contribution in [2.45, 2.75) is 50.3 Å². The first kappa shape index (κ1) is 15.6. The molecule has 0 aliphatic carbocycles. The van der Waals surface area contributed by atoms with Crippen molar-refractivity contribution in [2.75, 3.05) is 13.1 Å². The van der Waals surface area contributed by atoms with Gasteiger partial charge in [0, 0.05) is 30.6 Å². The van der Waals surface area contributed by atoms with E-state index in [9.17, 15) is 9.18 Å². The monoisotopic (exact) mass is 331 g/mol. The predicted molar refractivity (Wildman–Crippen MR) is 88.2 cm³/mol. The fourth-order valence-electron chi connectivity index (χ4n) is 4.05. The highest BCUT2D eigenvalue weighted by Crippen LogP contribution is 2.27. The van der Waals surface area contributed by atoms with Crippen LogP contribution in [0, 0.1) is 5.82 Å². The van der Waals surface area contributed by atoms with Gasteiger partial charge in [-0.25, -0.2) is 4.39 Å². The number of hydrogen-bond donors (Lipinski definition) is 1. The Labute approximate surface area is 140 Å². The van der Waals surface area contributed by atoms with Crippen LogP contribution in [0.2, 0.25) is 0 Å². The molecule has 5 nitrogen and oxygen atoms in total. The molecule has 3 heterocycles. The van der Waals surface area contributed by atoms with E-state index < -0.39 is 6.10 Å². The van der Waals surface area contributed by atoms with Gasteiger partial charge in [0.2, 0.25) is 6.10 Å². The van der Waals surface area contributed by atoms with Gasteiger partial charge in [0.15, 0.2) is 0 Å². The molecule has 3 aliphatic rings. The topological polar surface area (TPSA) is 53.9 Å². The Morgan fingerprint density at radius 2 is 2.21 bits per heavy atom. The highest BCUT2D eigenvalue weighted by Gasteiger charge is 2.38. The van der Waals surface area contributed by atoms with E-state index >= 15 is 0 Å². The van der Waals surface area contributed by atoms with Crippen LogP contribution in [0.25, 0.3) is 0 Å². The number of carbonyl (C=O) groups is 1. The quantitative estimate of drug-likeness (QED) is 0.922. The van der Waals surface area contributed by atoms with E-state index in [0.29, 0.717) is 23.7 Å². The molecule has 0 spiro atoms. The second-order valence-electron chi connectivity index (χ2n) is 6.85. The zero-order chi connectivity index (χ0) is 16.5. The lowest BCUT2D eigenvalue weighted by atomic mass is 9.98. The average Bonchev–Trinajstić information content (AvgIpc) is 3.23. The fourth-order valence-corrected chi connectivity index (χ4v) is 4.05. The minimum absolute atomic E-state index is 0.109. The van der Waals surface area contributed by atoms with Crippen LogP contribution >= 0.6 is 0 Å². The number of piperidine rings is 1. The lowest BCUT2D eigenvalue weighted by Gasteiger charge is -2.32. The maximum Gasteiger partial charge on any atom is 0.264 e. The lowest BCUT2D eigenvalue weighted by molar-refractivity contribution is -0.132. The van der Waals surface area contributed by atoms with Crippen LogP contribution in [-0.4, -0.2) is 47.8 Å². The van der Waals surface area contributed by atoms with Crippen LogP contribution in [0.15, 0.2) is 29.4 Å². The van der Waals surface area contributed by atoms with Crippen LogP contribution in [0.1, 0.15) is 37.7 Å². The summed E-state index contributed by atoms with van der Waals surface area (Å²) in [4.78, 5) is 20.3. The van der Waals surface area contributed by atoms with E-state index in [4.69, 9.17) is 4.84 Å². The van der Waals surface area contributed by atoms with Crippen molar-refractivity contribution in [3.8, 4) is 0 Å². The molecule has 3 atom stereocenters. The number of rotatable bonds is 3. The fraction of sp³-hybridized carbons (Fsp3) is 0.556. The van der Waals surface area contributed by atoms with Gasteiger partial charge < -0.3 is 10.2 Å². The number of halogens is 1. The molecule has 3 aliphatic heterocycles. The zero-order valence-electron chi connectivity index (χ0n) is 13.6. The first-order chi connectivity index (χ1) is 11.7. The van der Waals surface area contributed by atoms with Crippen molar-refractivity contribution in [1.82, 2.24) is 10.2 Å². The van der Waals surface area contributed by atoms with E-state index in [1.807, 2.05) is 0 Å². The Balaban J connectivity index is 1.35. The lowest BCUT2D eigenvalue weighted by Crippen LogP contribution is -2.49. The van der Waals surface area contributed by atoms with Crippen molar-refractivity contribution >= 4 is 11.6 Å². The van der Waals surface area contributed by atoms with E-state index in [1.165, 1.54) is 25.0 Å². The molecule has 1 N–H and O–H groups in total. The van der Waals surface area contributed by atoms with E-state index in [-0.39, 0.29) is 17.8 Å². The molecule has 1 amide bonds. The van der Waals surface area contributed by atoms with Gasteiger partial charge in [-0.15, -0.1) is 0 Å². The summed E-state index contributed by atoms with van der Waals surface area (Å²) in [5.41, 5.74) is 1.30. The van der Waals surface area contributed by atoms with Gasteiger partial charge >= 0.3 is 0 Å². The summed E-state index contributed by atoms with van der Waals surface area (Å²) in [6, 6.07) is 6.89. The maximum absolute atomic E-state index is 13.3. The molecule has 0 unspecified atom stereocenters. The normalized spacial score (nSPS) is 29.7. The van der Waals surface area contributed by atoms with Crippen LogP contribution < -0.4 is 5.32 Å². The van der Waals surface area contributed by atoms with Gasteiger partial charge in [-0.3, -0.25) is 9.69 Å². The molecule has 2 fully saturated rings. The summed E-state index contributed by atoms with van der Waals surface area (Å²) in [6.45, 7) is 2.20. The van der Waals surface area contributed by atoms with Crippen molar-refractivity contribution in [1.29, 1.82) is 0 Å². The third-order valence-electron chi connectivity index (χ3n) is 5.30. The molecule has 24 heavy (non-hydrogen) atoms. The summed E-state index contributed by atoms with van der Waals surface area (Å²) in [5, 5.41) is 7.13. The highest BCUT2D eigenvalue weighted by atomic mass is 19.1. The van der Waals surface area contributed by atoms with Crippen LogP contribution in [0.3, 0.4) is 0 Å². The largest absolute Gasteiger partial charge is 0.382 e. The second kappa shape index (κ2) is 6.51. The van der Waals surface area contributed by atoms with Crippen LogP contribution in [-0.2, 0) is 9.63 Å². The zero-order valence-corrected chi connectivity index (χ0v) is 13.6. The Kier molecular flexibility index (Phi) is 4.22. The van der Waals surface area contributed by atoms with E-state index in [1.54, 1.807) is 12.1 Å². The van der Waals surface area contributed by atoms with E-state index in [0.717, 1.165) is 25.9 Å². The summed E-state index contributed by atoms with van der Waals surface area (Å²) < 4.78 is 13.3. The van der Waals surface area contributed by atoms with Crippen molar-refractivity contribution < 1.29 is 14.0 Å². The summed E-state index contributed by atoms with van der Waals surface area (Å²) in [7, 11) is 0. The molecule has 6 heteroatoms. The van der Waals surface area contributed by atoms with Crippen molar-refractivity contribution in [2.24, 2.45) is 5.16 Å². The maximum atomic E-state index is 13.3. The van der Waals surface area contributed by atoms with Crippen LogP contribution in [0.5, 0.6) is 0 Å². The predicted octanol–water partition coefficient (Wildman–Crippen LogP) is 2.06. The molecule has 1 aromatic carbocycles. The molecule has 0 bridgehead atoms.